The lowest BCUT2D eigenvalue weighted by molar-refractivity contribution is 0.0970. The Morgan fingerprint density at radius 2 is 2.09 bits per heavy atom. The summed E-state index contributed by atoms with van der Waals surface area (Å²) in [6, 6.07) is 12.3. The van der Waals surface area contributed by atoms with Gasteiger partial charge in [0.2, 0.25) is 0 Å². The van der Waals surface area contributed by atoms with Crippen LogP contribution in [0, 0.1) is 6.92 Å². The maximum absolute atomic E-state index is 12.9. The molecule has 1 aliphatic rings. The van der Waals surface area contributed by atoms with Crippen molar-refractivity contribution in [2.24, 2.45) is 0 Å². The number of carbonyl (C=O) groups is 1. The number of pyridine rings is 2. The Balaban J connectivity index is 1.37. The number of aromatic nitrogens is 2. The van der Waals surface area contributed by atoms with Gasteiger partial charge in [-0.05, 0) is 42.7 Å². The van der Waals surface area contributed by atoms with E-state index in [0.29, 0.717) is 28.6 Å². The van der Waals surface area contributed by atoms with Crippen LogP contribution in [0.2, 0.25) is 5.02 Å². The van der Waals surface area contributed by atoms with E-state index in [0.717, 1.165) is 30.6 Å². The largest absolute Gasteiger partial charge is 0.487 e. The van der Waals surface area contributed by atoms with Crippen molar-refractivity contribution in [1.82, 2.24) is 14.5 Å². The SMILES string of the molecule is Cc1cc(CN2CC[C@H](O)C2)ccc1C(=O)Cn1ccc(OCc2ccc(Cl)cn2)cc1=O. The van der Waals surface area contributed by atoms with E-state index in [2.05, 4.69) is 9.88 Å². The highest BCUT2D eigenvalue weighted by atomic mass is 35.5. The lowest BCUT2D eigenvalue weighted by Gasteiger charge is -2.16. The van der Waals surface area contributed by atoms with Crippen LogP contribution < -0.4 is 10.3 Å². The number of benzene rings is 1. The smallest absolute Gasteiger partial charge is 0.254 e. The fraction of sp³-hybridized carbons (Fsp3) is 0.320. The number of likely N-dealkylation sites (tertiary alicyclic amines) is 1. The minimum Gasteiger partial charge on any atom is -0.487 e. The van der Waals surface area contributed by atoms with Crippen molar-refractivity contribution in [1.29, 1.82) is 0 Å². The third kappa shape index (κ3) is 6.07. The lowest BCUT2D eigenvalue weighted by atomic mass is 10.0. The van der Waals surface area contributed by atoms with Crippen LogP contribution in [0.25, 0.3) is 0 Å². The summed E-state index contributed by atoms with van der Waals surface area (Å²) in [5.74, 6) is 0.282. The molecule has 3 aromatic rings. The average molecular weight is 468 g/mol. The van der Waals surface area contributed by atoms with Crippen molar-refractivity contribution in [2.45, 2.75) is 39.1 Å². The van der Waals surface area contributed by atoms with E-state index in [4.69, 9.17) is 16.3 Å². The maximum Gasteiger partial charge on any atom is 0.254 e. The Morgan fingerprint density at radius 3 is 2.76 bits per heavy atom. The molecule has 7 nitrogen and oxygen atoms in total. The van der Waals surface area contributed by atoms with Crippen LogP contribution in [0.15, 0.2) is 59.7 Å². The van der Waals surface area contributed by atoms with Gasteiger partial charge in [-0.15, -0.1) is 0 Å². The molecule has 0 bridgehead atoms. The van der Waals surface area contributed by atoms with Crippen LogP contribution in [-0.2, 0) is 19.7 Å². The van der Waals surface area contributed by atoms with Crippen LogP contribution >= 0.6 is 11.6 Å². The zero-order valence-electron chi connectivity index (χ0n) is 18.4. The van der Waals surface area contributed by atoms with E-state index in [9.17, 15) is 14.7 Å². The minimum atomic E-state index is -0.313. The number of carbonyl (C=O) groups excluding carboxylic acids is 1. The maximum atomic E-state index is 12.9. The monoisotopic (exact) mass is 467 g/mol. The molecule has 0 aliphatic carbocycles. The first-order valence-electron chi connectivity index (χ1n) is 10.8. The molecular weight excluding hydrogens is 442 g/mol. The first kappa shape index (κ1) is 23.2. The third-order valence-corrected chi connectivity index (χ3v) is 5.93. The number of aryl methyl sites for hydroxylation is 1. The first-order chi connectivity index (χ1) is 15.9. The summed E-state index contributed by atoms with van der Waals surface area (Å²) in [6.45, 7) is 4.37. The quantitative estimate of drug-likeness (QED) is 0.512. The standard InChI is InChI=1S/C25H26ClN3O4/c1-17-10-18(13-28-8-6-21(30)14-28)2-5-23(17)24(31)15-29-9-7-22(11-25(29)32)33-16-20-4-3-19(26)12-27-20/h2-5,7,9-12,21,30H,6,8,13-16H2,1H3/t21-/m0/s1. The number of hydrogen-bond donors (Lipinski definition) is 1. The second-order valence-electron chi connectivity index (χ2n) is 8.34. The van der Waals surface area contributed by atoms with E-state index in [1.165, 1.54) is 16.8 Å². The lowest BCUT2D eigenvalue weighted by Crippen LogP contribution is -2.24. The molecule has 4 rings (SSSR count). The van der Waals surface area contributed by atoms with Gasteiger partial charge in [-0.25, -0.2) is 0 Å². The van der Waals surface area contributed by atoms with Gasteiger partial charge in [-0.2, -0.15) is 0 Å². The molecule has 33 heavy (non-hydrogen) atoms. The van der Waals surface area contributed by atoms with Gasteiger partial charge < -0.3 is 14.4 Å². The first-order valence-corrected chi connectivity index (χ1v) is 11.2. The molecule has 0 amide bonds. The van der Waals surface area contributed by atoms with Gasteiger partial charge in [0.25, 0.3) is 5.56 Å². The van der Waals surface area contributed by atoms with Crippen LogP contribution in [0.5, 0.6) is 5.75 Å². The summed E-state index contributed by atoms with van der Waals surface area (Å²) in [5.41, 5.74) is 2.96. The Labute approximate surface area is 197 Å². The number of halogens is 1. The minimum absolute atomic E-state index is 0.0453. The molecule has 0 spiro atoms. The molecular formula is C25H26ClN3O4. The molecule has 0 saturated carbocycles. The number of aliphatic hydroxyl groups is 1. The fourth-order valence-electron chi connectivity index (χ4n) is 3.95. The van der Waals surface area contributed by atoms with Crippen molar-refractivity contribution in [2.75, 3.05) is 13.1 Å². The highest BCUT2D eigenvalue weighted by molar-refractivity contribution is 6.30. The number of aliphatic hydroxyl groups excluding tert-OH is 1. The molecule has 172 valence electrons. The van der Waals surface area contributed by atoms with Crippen LogP contribution in [0.1, 0.15) is 33.6 Å². The highest BCUT2D eigenvalue weighted by Crippen LogP contribution is 2.18. The zero-order valence-corrected chi connectivity index (χ0v) is 19.2. The van der Waals surface area contributed by atoms with Crippen LogP contribution in [-0.4, -0.2) is 44.5 Å². The summed E-state index contributed by atoms with van der Waals surface area (Å²) >= 11 is 5.82. The van der Waals surface area contributed by atoms with Crippen molar-refractivity contribution in [3.63, 3.8) is 0 Å². The molecule has 1 fully saturated rings. The number of nitrogens with zero attached hydrogens (tertiary/aromatic N) is 3. The number of hydrogen-bond acceptors (Lipinski definition) is 6. The molecule has 1 aromatic carbocycles. The fourth-order valence-corrected chi connectivity index (χ4v) is 4.06. The molecule has 2 aromatic heterocycles. The van der Waals surface area contributed by atoms with E-state index in [1.807, 2.05) is 25.1 Å². The van der Waals surface area contributed by atoms with E-state index >= 15 is 0 Å². The third-order valence-electron chi connectivity index (χ3n) is 5.70. The molecule has 1 saturated heterocycles. The van der Waals surface area contributed by atoms with Crippen LogP contribution in [0.4, 0.5) is 0 Å². The van der Waals surface area contributed by atoms with Crippen molar-refractivity contribution in [3.05, 3.63) is 92.6 Å². The van der Waals surface area contributed by atoms with Crippen LogP contribution in [0.3, 0.4) is 0 Å². The Morgan fingerprint density at radius 1 is 1.24 bits per heavy atom. The molecule has 1 N–H and O–H groups in total. The van der Waals surface area contributed by atoms with E-state index in [1.54, 1.807) is 24.4 Å². The summed E-state index contributed by atoms with van der Waals surface area (Å²) < 4.78 is 7.00. The van der Waals surface area contributed by atoms with Crippen molar-refractivity contribution >= 4 is 17.4 Å². The topological polar surface area (TPSA) is 84.7 Å². The van der Waals surface area contributed by atoms with Crippen molar-refractivity contribution in [3.8, 4) is 5.75 Å². The number of β-amino-alcohol motifs (C(OH)–C–C–N with tert-alkyl or cyclic N) is 1. The Bertz CT molecular complexity index is 1190. The number of ether oxygens (including phenoxy) is 1. The second-order valence-corrected chi connectivity index (χ2v) is 8.77. The predicted molar refractivity (Wildman–Crippen MR) is 126 cm³/mol. The Kier molecular flexibility index (Phi) is 7.23. The summed E-state index contributed by atoms with van der Waals surface area (Å²) in [7, 11) is 0. The summed E-state index contributed by atoms with van der Waals surface area (Å²) in [5, 5.41) is 10.2. The van der Waals surface area contributed by atoms with Gasteiger partial charge in [0.05, 0.1) is 23.4 Å². The molecule has 1 aliphatic heterocycles. The van der Waals surface area contributed by atoms with Gasteiger partial charge in [-0.3, -0.25) is 19.5 Å². The number of Topliss-reactive ketones (excluding diaryl/α,β-unsaturated/α-hetero) is 1. The molecule has 0 unspecified atom stereocenters. The summed E-state index contributed by atoms with van der Waals surface area (Å²) in [4.78, 5) is 31.7. The molecule has 1 atom stereocenters. The van der Waals surface area contributed by atoms with E-state index in [-0.39, 0.29) is 30.6 Å². The normalized spacial score (nSPS) is 16.2. The van der Waals surface area contributed by atoms with Crippen molar-refractivity contribution < 1.29 is 14.6 Å². The highest BCUT2D eigenvalue weighted by Gasteiger charge is 2.20. The second kappa shape index (κ2) is 10.3. The summed E-state index contributed by atoms with van der Waals surface area (Å²) in [6.07, 6.45) is 3.64. The van der Waals surface area contributed by atoms with Gasteiger partial charge in [0.1, 0.15) is 12.4 Å². The molecule has 0 radical (unpaired) electrons. The van der Waals surface area contributed by atoms with Gasteiger partial charge in [0.15, 0.2) is 5.78 Å². The molecule has 8 heteroatoms. The number of ketones is 1. The molecule has 3 heterocycles. The zero-order chi connectivity index (χ0) is 23.4. The van der Waals surface area contributed by atoms with E-state index < -0.39 is 0 Å². The van der Waals surface area contributed by atoms with Gasteiger partial charge in [0, 0.05) is 43.7 Å². The Hall–Kier alpha value is -3.00. The average Bonchev–Trinajstić information content (AvgIpc) is 3.19. The van der Waals surface area contributed by atoms with Gasteiger partial charge in [-0.1, -0.05) is 29.8 Å². The van der Waals surface area contributed by atoms with Gasteiger partial charge >= 0.3 is 0 Å². The predicted octanol–water partition coefficient (Wildman–Crippen LogP) is 3.23. The number of rotatable bonds is 8.